The molecule has 2 aromatic rings. The van der Waals surface area contributed by atoms with Crippen LogP contribution in [0.3, 0.4) is 0 Å². The van der Waals surface area contributed by atoms with Gasteiger partial charge in [-0.2, -0.15) is 0 Å². The van der Waals surface area contributed by atoms with Crippen LogP contribution in [-0.2, 0) is 12.8 Å². The molecule has 0 N–H and O–H groups in total. The van der Waals surface area contributed by atoms with Crippen molar-refractivity contribution in [2.45, 2.75) is 19.8 Å². The van der Waals surface area contributed by atoms with Crippen LogP contribution < -0.4 is 0 Å². The Bertz CT molecular complexity index is 529. The minimum absolute atomic E-state index is 0.0687. The maximum Gasteiger partial charge on any atom is 0.170 e. The summed E-state index contributed by atoms with van der Waals surface area (Å²) in [6.45, 7) is 1.92. The summed E-state index contributed by atoms with van der Waals surface area (Å²) in [4.78, 5) is 12.0. The molecule has 0 spiro atoms. The predicted octanol–water partition coefficient (Wildman–Crippen LogP) is 3.41. The number of carbonyl (C=O) groups is 1. The van der Waals surface area contributed by atoms with Gasteiger partial charge in [0.25, 0.3) is 0 Å². The van der Waals surface area contributed by atoms with Gasteiger partial charge in [0.05, 0.1) is 11.8 Å². The molecule has 1 aromatic carbocycles. The largest absolute Gasteiger partial charge is 0.469 e. The Morgan fingerprint density at radius 1 is 1.29 bits per heavy atom. The SMILES string of the molecule is CCc1occc1C(=O)Cc1ccccc1F. The van der Waals surface area contributed by atoms with Crippen LogP contribution >= 0.6 is 0 Å². The van der Waals surface area contributed by atoms with Crippen molar-refractivity contribution in [1.29, 1.82) is 0 Å². The van der Waals surface area contributed by atoms with Crippen molar-refractivity contribution in [3.05, 3.63) is 59.3 Å². The average Bonchev–Trinajstić information content (AvgIpc) is 2.80. The molecule has 3 heteroatoms. The van der Waals surface area contributed by atoms with E-state index in [1.54, 1.807) is 24.3 Å². The van der Waals surface area contributed by atoms with Crippen LogP contribution in [0.15, 0.2) is 41.0 Å². The molecule has 0 aliphatic carbocycles. The molecule has 0 amide bonds. The smallest absolute Gasteiger partial charge is 0.170 e. The monoisotopic (exact) mass is 232 g/mol. The molecule has 1 heterocycles. The fraction of sp³-hybridized carbons (Fsp3) is 0.214. The van der Waals surface area contributed by atoms with E-state index in [0.29, 0.717) is 23.3 Å². The van der Waals surface area contributed by atoms with E-state index in [1.807, 2.05) is 6.92 Å². The lowest BCUT2D eigenvalue weighted by Gasteiger charge is -2.02. The lowest BCUT2D eigenvalue weighted by molar-refractivity contribution is 0.0990. The Morgan fingerprint density at radius 2 is 2.06 bits per heavy atom. The second-order valence-electron chi connectivity index (χ2n) is 3.80. The third-order valence-corrected chi connectivity index (χ3v) is 2.68. The Hall–Kier alpha value is -1.90. The van der Waals surface area contributed by atoms with Gasteiger partial charge >= 0.3 is 0 Å². The lowest BCUT2D eigenvalue weighted by atomic mass is 10.0. The van der Waals surface area contributed by atoms with Crippen molar-refractivity contribution in [3.8, 4) is 0 Å². The number of benzene rings is 1. The van der Waals surface area contributed by atoms with Crippen LogP contribution in [-0.4, -0.2) is 5.78 Å². The van der Waals surface area contributed by atoms with Crippen LogP contribution in [0.5, 0.6) is 0 Å². The second kappa shape index (κ2) is 4.95. The number of rotatable bonds is 4. The van der Waals surface area contributed by atoms with Gasteiger partial charge in [0.2, 0.25) is 0 Å². The third kappa shape index (κ3) is 2.44. The summed E-state index contributed by atoms with van der Waals surface area (Å²) in [6, 6.07) is 7.96. The number of furan rings is 1. The lowest BCUT2D eigenvalue weighted by Crippen LogP contribution is -2.06. The van der Waals surface area contributed by atoms with Crippen molar-refractivity contribution in [2.75, 3.05) is 0 Å². The van der Waals surface area contributed by atoms with E-state index in [4.69, 9.17) is 4.42 Å². The molecular formula is C14H13FO2. The van der Waals surface area contributed by atoms with Gasteiger partial charge < -0.3 is 4.42 Å². The first-order valence-corrected chi connectivity index (χ1v) is 5.55. The Balaban J connectivity index is 2.20. The number of Topliss-reactive ketones (excluding diaryl/α,β-unsaturated/α-hetero) is 1. The highest BCUT2D eigenvalue weighted by Gasteiger charge is 2.15. The van der Waals surface area contributed by atoms with E-state index >= 15 is 0 Å². The zero-order valence-corrected chi connectivity index (χ0v) is 9.57. The maximum absolute atomic E-state index is 13.4. The quantitative estimate of drug-likeness (QED) is 0.756. The molecular weight excluding hydrogens is 219 g/mol. The maximum atomic E-state index is 13.4. The number of carbonyl (C=O) groups excluding carboxylic acids is 1. The number of halogens is 1. The molecule has 0 atom stereocenters. The van der Waals surface area contributed by atoms with Gasteiger partial charge in [0.1, 0.15) is 11.6 Å². The fourth-order valence-electron chi connectivity index (χ4n) is 1.77. The molecule has 2 nitrogen and oxygen atoms in total. The highest BCUT2D eigenvalue weighted by molar-refractivity contribution is 5.98. The van der Waals surface area contributed by atoms with Crippen molar-refractivity contribution in [3.63, 3.8) is 0 Å². The zero-order valence-electron chi connectivity index (χ0n) is 9.57. The molecule has 0 fully saturated rings. The van der Waals surface area contributed by atoms with Crippen molar-refractivity contribution in [2.24, 2.45) is 0 Å². The van der Waals surface area contributed by atoms with Crippen LogP contribution in [0.4, 0.5) is 4.39 Å². The van der Waals surface area contributed by atoms with Gasteiger partial charge in [-0.3, -0.25) is 4.79 Å². The minimum Gasteiger partial charge on any atom is -0.469 e. The second-order valence-corrected chi connectivity index (χ2v) is 3.80. The van der Waals surface area contributed by atoms with Crippen LogP contribution in [0, 0.1) is 5.82 Å². The van der Waals surface area contributed by atoms with Gasteiger partial charge in [-0.05, 0) is 17.7 Å². The van der Waals surface area contributed by atoms with Crippen molar-refractivity contribution in [1.82, 2.24) is 0 Å². The van der Waals surface area contributed by atoms with E-state index in [2.05, 4.69) is 0 Å². The highest BCUT2D eigenvalue weighted by Crippen LogP contribution is 2.16. The molecule has 0 bridgehead atoms. The normalized spacial score (nSPS) is 10.5. The molecule has 88 valence electrons. The zero-order chi connectivity index (χ0) is 12.3. The Labute approximate surface area is 99.1 Å². The van der Waals surface area contributed by atoms with Gasteiger partial charge in [0.15, 0.2) is 5.78 Å². The Morgan fingerprint density at radius 3 is 2.76 bits per heavy atom. The molecule has 0 aliphatic rings. The molecule has 0 aliphatic heterocycles. The van der Waals surface area contributed by atoms with Crippen LogP contribution in [0.25, 0.3) is 0 Å². The minimum atomic E-state index is -0.345. The van der Waals surface area contributed by atoms with E-state index in [-0.39, 0.29) is 18.0 Å². The van der Waals surface area contributed by atoms with E-state index in [0.717, 1.165) is 0 Å². The number of hydrogen-bond acceptors (Lipinski definition) is 2. The fourth-order valence-corrected chi connectivity index (χ4v) is 1.77. The predicted molar refractivity (Wildman–Crippen MR) is 62.5 cm³/mol. The Kier molecular flexibility index (Phi) is 3.38. The molecule has 17 heavy (non-hydrogen) atoms. The summed E-state index contributed by atoms with van der Waals surface area (Å²) in [7, 11) is 0. The van der Waals surface area contributed by atoms with Gasteiger partial charge in [0, 0.05) is 12.8 Å². The van der Waals surface area contributed by atoms with Gasteiger partial charge in [-0.25, -0.2) is 4.39 Å². The summed E-state index contributed by atoms with van der Waals surface area (Å²) in [5.41, 5.74) is 0.969. The first-order valence-electron chi connectivity index (χ1n) is 5.55. The average molecular weight is 232 g/mol. The molecule has 0 saturated heterocycles. The standard InChI is InChI=1S/C14H13FO2/c1-2-14-11(7-8-17-14)13(16)9-10-5-3-4-6-12(10)15/h3-8H,2,9H2,1H3. The first-order chi connectivity index (χ1) is 8.22. The summed E-state index contributed by atoms with van der Waals surface area (Å²) >= 11 is 0. The molecule has 0 saturated carbocycles. The summed E-state index contributed by atoms with van der Waals surface area (Å²) in [5.74, 6) is 0.203. The molecule has 1 aromatic heterocycles. The summed E-state index contributed by atoms with van der Waals surface area (Å²) < 4.78 is 18.6. The van der Waals surface area contributed by atoms with Crippen LogP contribution in [0.2, 0.25) is 0 Å². The van der Waals surface area contributed by atoms with E-state index < -0.39 is 0 Å². The van der Waals surface area contributed by atoms with Gasteiger partial charge in [-0.15, -0.1) is 0 Å². The number of hydrogen-bond donors (Lipinski definition) is 0. The number of aryl methyl sites for hydroxylation is 1. The van der Waals surface area contributed by atoms with E-state index in [1.165, 1.54) is 12.3 Å². The van der Waals surface area contributed by atoms with Crippen LogP contribution in [0.1, 0.15) is 28.6 Å². The topological polar surface area (TPSA) is 30.2 Å². The number of ketones is 1. The first kappa shape index (κ1) is 11.6. The molecule has 2 rings (SSSR count). The summed E-state index contributed by atoms with van der Waals surface area (Å²) in [5, 5.41) is 0. The van der Waals surface area contributed by atoms with Crippen molar-refractivity contribution < 1.29 is 13.6 Å². The molecule has 0 radical (unpaired) electrons. The molecule has 0 unspecified atom stereocenters. The van der Waals surface area contributed by atoms with Gasteiger partial charge in [-0.1, -0.05) is 25.1 Å². The summed E-state index contributed by atoms with van der Waals surface area (Å²) in [6.07, 6.45) is 2.22. The third-order valence-electron chi connectivity index (χ3n) is 2.68. The van der Waals surface area contributed by atoms with E-state index in [9.17, 15) is 9.18 Å². The highest BCUT2D eigenvalue weighted by atomic mass is 19.1. The van der Waals surface area contributed by atoms with Crippen molar-refractivity contribution >= 4 is 5.78 Å².